The predicted molar refractivity (Wildman–Crippen MR) is 70.7 cm³/mol. The van der Waals surface area contributed by atoms with Gasteiger partial charge in [-0.25, -0.2) is 0 Å². The molecule has 1 aliphatic carbocycles. The maximum atomic E-state index is 5.86. The van der Waals surface area contributed by atoms with E-state index in [9.17, 15) is 0 Å². The highest BCUT2D eigenvalue weighted by atomic mass is 16.5. The van der Waals surface area contributed by atoms with Gasteiger partial charge in [-0.2, -0.15) is 0 Å². The van der Waals surface area contributed by atoms with E-state index in [1.165, 1.54) is 12.8 Å². The molecule has 1 N–H and O–H groups in total. The number of ether oxygens (including phenoxy) is 3. The van der Waals surface area contributed by atoms with Gasteiger partial charge in [-0.05, 0) is 19.8 Å². The third kappa shape index (κ3) is 3.81. The van der Waals surface area contributed by atoms with Crippen molar-refractivity contribution < 1.29 is 14.2 Å². The number of rotatable bonds is 7. The van der Waals surface area contributed by atoms with Crippen LogP contribution in [0.3, 0.4) is 0 Å². The molecule has 0 saturated heterocycles. The first kappa shape index (κ1) is 13.0. The van der Waals surface area contributed by atoms with Crippen molar-refractivity contribution in [2.75, 3.05) is 20.8 Å². The molecular weight excluding hydrogens is 230 g/mol. The Bertz CT molecular complexity index is 368. The van der Waals surface area contributed by atoms with Crippen LogP contribution in [-0.4, -0.2) is 32.9 Å². The Balaban J connectivity index is 1.93. The van der Waals surface area contributed by atoms with Crippen LogP contribution in [-0.2, 0) is 0 Å². The van der Waals surface area contributed by atoms with Crippen LogP contribution in [0.1, 0.15) is 19.8 Å². The van der Waals surface area contributed by atoms with E-state index < -0.39 is 0 Å². The van der Waals surface area contributed by atoms with E-state index in [-0.39, 0.29) is 6.10 Å². The van der Waals surface area contributed by atoms with Crippen molar-refractivity contribution >= 4 is 0 Å². The number of hydrogen-bond donors (Lipinski definition) is 1. The second-order valence-corrected chi connectivity index (χ2v) is 4.66. The minimum absolute atomic E-state index is 0.127. The normalized spacial score (nSPS) is 16.2. The van der Waals surface area contributed by atoms with Gasteiger partial charge in [0, 0.05) is 30.8 Å². The van der Waals surface area contributed by atoms with E-state index in [1.54, 1.807) is 14.2 Å². The molecule has 1 fully saturated rings. The fourth-order valence-corrected chi connectivity index (χ4v) is 1.74. The van der Waals surface area contributed by atoms with Gasteiger partial charge in [0.25, 0.3) is 0 Å². The third-order valence-corrected chi connectivity index (χ3v) is 2.93. The van der Waals surface area contributed by atoms with Gasteiger partial charge in [-0.1, -0.05) is 0 Å². The first-order valence-corrected chi connectivity index (χ1v) is 6.34. The van der Waals surface area contributed by atoms with E-state index in [0.717, 1.165) is 23.8 Å². The molecule has 0 spiro atoms. The SMILES string of the molecule is COc1cc(OC)cc(OC(C)CNC2CC2)c1. The first-order chi connectivity index (χ1) is 8.71. The smallest absolute Gasteiger partial charge is 0.127 e. The molecule has 18 heavy (non-hydrogen) atoms. The molecule has 0 amide bonds. The topological polar surface area (TPSA) is 39.7 Å². The third-order valence-electron chi connectivity index (χ3n) is 2.93. The largest absolute Gasteiger partial charge is 0.496 e. The summed E-state index contributed by atoms with van der Waals surface area (Å²) in [5, 5.41) is 3.45. The lowest BCUT2D eigenvalue weighted by atomic mass is 10.3. The summed E-state index contributed by atoms with van der Waals surface area (Å²) >= 11 is 0. The van der Waals surface area contributed by atoms with E-state index in [0.29, 0.717) is 6.04 Å². The van der Waals surface area contributed by atoms with Crippen LogP contribution in [0.25, 0.3) is 0 Å². The van der Waals surface area contributed by atoms with Gasteiger partial charge in [0.15, 0.2) is 0 Å². The minimum atomic E-state index is 0.127. The molecule has 0 bridgehead atoms. The molecular formula is C14H21NO3. The Morgan fingerprint density at radius 1 is 1.11 bits per heavy atom. The van der Waals surface area contributed by atoms with Crippen LogP contribution in [0.5, 0.6) is 17.2 Å². The summed E-state index contributed by atoms with van der Waals surface area (Å²) in [6.07, 6.45) is 2.71. The number of nitrogens with one attached hydrogen (secondary N) is 1. The van der Waals surface area contributed by atoms with Crippen LogP contribution < -0.4 is 19.5 Å². The Morgan fingerprint density at radius 3 is 2.17 bits per heavy atom. The molecule has 1 aromatic carbocycles. The Labute approximate surface area is 108 Å². The van der Waals surface area contributed by atoms with Crippen molar-refractivity contribution in [2.45, 2.75) is 31.9 Å². The lowest BCUT2D eigenvalue weighted by molar-refractivity contribution is 0.215. The van der Waals surface area contributed by atoms with Crippen molar-refractivity contribution in [1.82, 2.24) is 5.32 Å². The van der Waals surface area contributed by atoms with Gasteiger partial charge in [-0.15, -0.1) is 0 Å². The zero-order valence-corrected chi connectivity index (χ0v) is 11.2. The highest BCUT2D eigenvalue weighted by Crippen LogP contribution is 2.28. The molecule has 0 radical (unpaired) electrons. The lowest BCUT2D eigenvalue weighted by Crippen LogP contribution is -2.30. The molecule has 1 atom stereocenters. The summed E-state index contributed by atoms with van der Waals surface area (Å²) in [6, 6.07) is 6.28. The highest BCUT2D eigenvalue weighted by molar-refractivity contribution is 5.42. The van der Waals surface area contributed by atoms with Crippen LogP contribution in [0.15, 0.2) is 18.2 Å². The fraction of sp³-hybridized carbons (Fsp3) is 0.571. The van der Waals surface area contributed by atoms with Crippen molar-refractivity contribution in [3.05, 3.63) is 18.2 Å². The maximum Gasteiger partial charge on any atom is 0.127 e. The minimum Gasteiger partial charge on any atom is -0.496 e. The van der Waals surface area contributed by atoms with E-state index in [2.05, 4.69) is 12.2 Å². The second kappa shape index (κ2) is 5.96. The molecule has 1 aliphatic rings. The quantitative estimate of drug-likeness (QED) is 0.806. The summed E-state index contributed by atoms with van der Waals surface area (Å²) in [5.74, 6) is 2.26. The Hall–Kier alpha value is -1.42. The molecule has 100 valence electrons. The molecule has 0 aliphatic heterocycles. The molecule has 4 heteroatoms. The zero-order chi connectivity index (χ0) is 13.0. The maximum absolute atomic E-state index is 5.86. The van der Waals surface area contributed by atoms with Crippen molar-refractivity contribution in [3.8, 4) is 17.2 Å². The van der Waals surface area contributed by atoms with Crippen molar-refractivity contribution in [1.29, 1.82) is 0 Å². The van der Waals surface area contributed by atoms with Gasteiger partial charge < -0.3 is 19.5 Å². The van der Waals surface area contributed by atoms with Gasteiger partial charge in [0.2, 0.25) is 0 Å². The highest BCUT2D eigenvalue weighted by Gasteiger charge is 2.21. The van der Waals surface area contributed by atoms with Crippen molar-refractivity contribution in [3.63, 3.8) is 0 Å². The average Bonchev–Trinajstić information content (AvgIpc) is 3.19. The molecule has 1 unspecified atom stereocenters. The summed E-state index contributed by atoms with van der Waals surface area (Å²) in [6.45, 7) is 2.92. The molecule has 4 nitrogen and oxygen atoms in total. The average molecular weight is 251 g/mol. The summed E-state index contributed by atoms with van der Waals surface area (Å²) in [4.78, 5) is 0. The van der Waals surface area contributed by atoms with Crippen LogP contribution in [0, 0.1) is 0 Å². The molecule has 0 aromatic heterocycles. The van der Waals surface area contributed by atoms with E-state index in [1.807, 2.05) is 18.2 Å². The van der Waals surface area contributed by atoms with Gasteiger partial charge in [0.1, 0.15) is 23.4 Å². The van der Waals surface area contributed by atoms with Gasteiger partial charge in [-0.3, -0.25) is 0 Å². The summed E-state index contributed by atoms with van der Waals surface area (Å²) < 4.78 is 16.3. The molecule has 2 rings (SSSR count). The zero-order valence-electron chi connectivity index (χ0n) is 11.2. The van der Waals surface area contributed by atoms with E-state index in [4.69, 9.17) is 14.2 Å². The number of methoxy groups -OCH3 is 2. The van der Waals surface area contributed by atoms with Gasteiger partial charge >= 0.3 is 0 Å². The number of benzene rings is 1. The first-order valence-electron chi connectivity index (χ1n) is 6.34. The Kier molecular flexibility index (Phi) is 4.31. The predicted octanol–water partition coefficient (Wildman–Crippen LogP) is 2.22. The monoisotopic (exact) mass is 251 g/mol. The lowest BCUT2D eigenvalue weighted by Gasteiger charge is -2.16. The molecule has 1 saturated carbocycles. The molecule has 1 aromatic rings. The fourth-order valence-electron chi connectivity index (χ4n) is 1.74. The number of hydrogen-bond acceptors (Lipinski definition) is 4. The van der Waals surface area contributed by atoms with Crippen molar-refractivity contribution in [2.24, 2.45) is 0 Å². The van der Waals surface area contributed by atoms with Crippen LogP contribution in [0.2, 0.25) is 0 Å². The van der Waals surface area contributed by atoms with Crippen LogP contribution >= 0.6 is 0 Å². The summed E-state index contributed by atoms with van der Waals surface area (Å²) in [5.41, 5.74) is 0. The summed E-state index contributed by atoms with van der Waals surface area (Å²) in [7, 11) is 3.27. The second-order valence-electron chi connectivity index (χ2n) is 4.66. The van der Waals surface area contributed by atoms with Gasteiger partial charge in [0.05, 0.1) is 14.2 Å². The Morgan fingerprint density at radius 2 is 1.67 bits per heavy atom. The van der Waals surface area contributed by atoms with Crippen LogP contribution in [0.4, 0.5) is 0 Å². The van der Waals surface area contributed by atoms with E-state index >= 15 is 0 Å². The molecule has 0 heterocycles. The standard InChI is InChI=1S/C14H21NO3/c1-10(9-15-11-4-5-11)18-14-7-12(16-2)6-13(8-14)17-3/h6-8,10-11,15H,4-5,9H2,1-3H3.